The summed E-state index contributed by atoms with van der Waals surface area (Å²) in [4.78, 5) is 16.5. The number of thioether (sulfide) groups is 6. The Kier molecular flexibility index (Phi) is 57.9. The molecule has 6 aromatic rings. The van der Waals surface area contributed by atoms with Crippen LogP contribution in [0.15, 0.2) is 30.9 Å². The average molecular weight is 1060 g/mol. The first-order valence-electron chi connectivity index (χ1n) is 12.3. The van der Waals surface area contributed by atoms with Crippen molar-refractivity contribution in [1.82, 2.24) is 71.2 Å². The fraction of sp³-hybridized carbons (Fsp3) is 0.333. The number of nitrogens with one attached hydrogen (secondary N) is 6. The van der Waals surface area contributed by atoms with Crippen molar-refractivity contribution in [2.75, 3.05) is 71.9 Å². The summed E-state index contributed by atoms with van der Waals surface area (Å²) in [5, 5.41) is 47.7. The van der Waals surface area contributed by atoms with Crippen molar-refractivity contribution in [3.63, 3.8) is 0 Å². The van der Waals surface area contributed by atoms with Crippen molar-refractivity contribution < 1.29 is 102 Å². The predicted octanol–water partition coefficient (Wildman–Crippen LogP) is -4.22. The maximum absolute atomic E-state index is 5.21. The summed E-state index contributed by atoms with van der Waals surface area (Å²) in [6.07, 6.45) is 11.4. The minimum atomic E-state index is 0. The van der Waals surface area contributed by atoms with Gasteiger partial charge in [-0.25, -0.2) is 0 Å². The summed E-state index contributed by atoms with van der Waals surface area (Å²) in [6, 6.07) is 0. The summed E-state index contributed by atoms with van der Waals surface area (Å²) in [5.74, 6) is 2.22. The van der Waals surface area contributed by atoms with Gasteiger partial charge in [0.05, 0.1) is 0 Å². The van der Waals surface area contributed by atoms with Gasteiger partial charge in [0, 0.05) is 0 Å². The summed E-state index contributed by atoms with van der Waals surface area (Å²) in [7, 11) is 0. The van der Waals surface area contributed by atoms with Crippen molar-refractivity contribution >= 4 is 106 Å². The van der Waals surface area contributed by atoms with E-state index in [1.165, 1.54) is 70.6 Å². The predicted molar refractivity (Wildman–Crippen MR) is 198 cm³/mol. The van der Waals surface area contributed by atoms with Crippen LogP contribution in [0.2, 0.25) is 0 Å². The minimum absolute atomic E-state index is 0. The number of H-pyrrole nitrogens is 6. The quantitative estimate of drug-likeness (QED) is 0.0579. The SMILES string of the molecule is CSc1[n-]nc(N)[nH+]1.CSc1[n-]nc(N)[nH+]1.CSc1n[n-]c(N)[nH+]1.CSc1n[n-]c(N)[nH+]1.CSc1nnc(N)[nH]1.CSc1nnc(N)[nH]1.[Ni+2].[Ni+2].[Ni+2].[OH-].[OH-].[OH-].[OH-].[OH-].[OH-]. The molecule has 30 nitrogen and oxygen atoms in total. The molecule has 0 aliphatic rings. The van der Waals surface area contributed by atoms with Gasteiger partial charge in [0.25, 0.3) is 0 Å². The number of aromatic nitrogens is 18. The largest absolute Gasteiger partial charge is 2.00 e. The van der Waals surface area contributed by atoms with Gasteiger partial charge < -0.3 is 97.2 Å². The maximum Gasteiger partial charge on any atom is 2.00 e. The molecule has 0 aromatic carbocycles. The average Bonchev–Trinajstić information content (AvgIpc) is 3.94. The molecule has 0 fully saturated rings. The molecule has 0 unspecified atom stereocenters. The van der Waals surface area contributed by atoms with Gasteiger partial charge in [-0.05, 0) is 37.5 Å². The second-order valence-electron chi connectivity index (χ2n) is 7.32. The second-order valence-corrected chi connectivity index (χ2v) is 12.1. The van der Waals surface area contributed by atoms with Crippen LogP contribution in [0.5, 0.6) is 0 Å². The molecule has 0 radical (unpaired) electrons. The van der Waals surface area contributed by atoms with Gasteiger partial charge in [0.2, 0.25) is 35.7 Å². The smallest absolute Gasteiger partial charge is 0.870 e. The molecule has 39 heteroatoms. The molecule has 6 aromatic heterocycles. The molecule has 0 amide bonds. The van der Waals surface area contributed by atoms with E-state index in [0.29, 0.717) is 35.7 Å². The zero-order valence-corrected chi connectivity index (χ0v) is 37.8. The summed E-state index contributed by atoms with van der Waals surface area (Å²) < 4.78 is 0. The molecule has 0 atom stereocenters. The van der Waals surface area contributed by atoms with Gasteiger partial charge in [-0.1, -0.05) is 70.6 Å². The third-order valence-corrected chi connectivity index (χ3v) is 7.48. The Labute approximate surface area is 379 Å². The van der Waals surface area contributed by atoms with E-state index in [9.17, 15) is 0 Å². The van der Waals surface area contributed by atoms with Crippen LogP contribution in [0.4, 0.5) is 35.7 Å². The zero-order chi connectivity index (χ0) is 35.9. The number of nitrogen functional groups attached to an aromatic ring is 6. The van der Waals surface area contributed by atoms with Gasteiger partial charge in [-0.2, -0.15) is 0 Å². The van der Waals surface area contributed by atoms with Crippen molar-refractivity contribution in [3.05, 3.63) is 0 Å². The molecule has 0 saturated heterocycles. The Morgan fingerprint density at radius 2 is 0.737 bits per heavy atom. The number of nitrogens with zero attached hydrogens (tertiary/aromatic N) is 12. The van der Waals surface area contributed by atoms with E-state index < -0.39 is 0 Å². The Morgan fingerprint density at radius 3 is 0.842 bits per heavy atom. The summed E-state index contributed by atoms with van der Waals surface area (Å²) in [6.45, 7) is 0. The van der Waals surface area contributed by atoms with E-state index in [1.807, 2.05) is 37.5 Å². The molecule has 6 heterocycles. The third-order valence-electron chi connectivity index (χ3n) is 4.06. The summed E-state index contributed by atoms with van der Waals surface area (Å²) in [5.41, 5.74) is 31.3. The van der Waals surface area contributed by atoms with Crippen LogP contribution in [0, 0.1) is 0 Å². The third kappa shape index (κ3) is 34.7. The fourth-order valence-electron chi connectivity index (χ4n) is 2.10. The molecular formula is C18H42N24Ni3O6S6. The second kappa shape index (κ2) is 44.1. The van der Waals surface area contributed by atoms with Crippen LogP contribution in [0.1, 0.15) is 0 Å². The van der Waals surface area contributed by atoms with E-state index >= 15 is 0 Å². The zero-order valence-electron chi connectivity index (χ0n) is 29.9. The first kappa shape index (κ1) is 74.9. The van der Waals surface area contributed by atoms with E-state index in [2.05, 4.69) is 91.1 Å². The molecule has 6 rings (SSSR count). The standard InChI is InChI=1S/2C3H6N4S.4C3H5N4S.3Ni.6H2O/c6*1-8-3-5-2(4)6-7-3;;;;;;;;;/h2*1H3,(H3,4,5,6,7);4*1H3,(H2-,4,5,6,7);;;;6*1H2/q;;4*-1;3*+2;;;;;;/p-2. The Morgan fingerprint density at radius 1 is 0.421 bits per heavy atom. The monoisotopic (exact) mass is 1060 g/mol. The number of rotatable bonds is 6. The van der Waals surface area contributed by atoms with E-state index in [-0.39, 0.29) is 82.3 Å². The van der Waals surface area contributed by atoms with Gasteiger partial charge in [-0.3, -0.25) is 0 Å². The molecule has 57 heavy (non-hydrogen) atoms. The first-order valence-corrected chi connectivity index (χ1v) is 19.6. The minimum Gasteiger partial charge on any atom is -0.870 e. The molecule has 0 spiro atoms. The van der Waals surface area contributed by atoms with E-state index in [4.69, 9.17) is 34.4 Å². The maximum atomic E-state index is 5.21. The molecule has 24 N–H and O–H groups in total. The van der Waals surface area contributed by atoms with E-state index in [1.54, 1.807) is 0 Å². The number of aromatic amines is 6. The van der Waals surface area contributed by atoms with Gasteiger partial charge in [0.1, 0.15) is 0 Å². The van der Waals surface area contributed by atoms with Crippen LogP contribution in [-0.2, 0) is 49.5 Å². The molecule has 0 aliphatic heterocycles. The number of anilines is 6. The topological polar surface area (TPSA) is 584 Å². The Balaban J connectivity index is -0.0000000672. The number of hydrogen-bond acceptors (Lipinski definition) is 26. The molecular weight excluding hydrogens is 1020 g/mol. The van der Waals surface area contributed by atoms with Gasteiger partial charge in [-0.15, -0.1) is 61.2 Å². The molecule has 0 aliphatic carbocycles. The first-order chi connectivity index (χ1) is 23.0. The molecule has 0 saturated carbocycles. The fourth-order valence-corrected chi connectivity index (χ4v) is 4.08. The van der Waals surface area contributed by atoms with Crippen LogP contribution >= 0.6 is 70.6 Å². The van der Waals surface area contributed by atoms with Gasteiger partial charge >= 0.3 is 49.5 Å². The van der Waals surface area contributed by atoms with Gasteiger partial charge in [0.15, 0.2) is 30.9 Å². The van der Waals surface area contributed by atoms with Crippen LogP contribution in [-0.4, -0.2) is 121 Å². The normalized spacial score (nSPS) is 8.11. The Bertz CT molecular complexity index is 1390. The Hall–Kier alpha value is -3.02. The van der Waals surface area contributed by atoms with Crippen molar-refractivity contribution in [2.24, 2.45) is 0 Å². The number of nitrogens with two attached hydrogens (primary N) is 6. The van der Waals surface area contributed by atoms with Crippen LogP contribution in [0.25, 0.3) is 0 Å². The van der Waals surface area contributed by atoms with Crippen LogP contribution in [0.3, 0.4) is 0 Å². The van der Waals surface area contributed by atoms with E-state index in [0.717, 1.165) is 30.9 Å². The van der Waals surface area contributed by atoms with Crippen molar-refractivity contribution in [1.29, 1.82) is 0 Å². The van der Waals surface area contributed by atoms with Crippen molar-refractivity contribution in [3.8, 4) is 0 Å². The summed E-state index contributed by atoms with van der Waals surface area (Å²) >= 11 is 8.88. The van der Waals surface area contributed by atoms with Crippen molar-refractivity contribution in [2.45, 2.75) is 30.9 Å². The number of hydrogen-bond donors (Lipinski definition) is 8. The molecule has 336 valence electrons. The molecule has 0 bridgehead atoms. The van der Waals surface area contributed by atoms with Crippen LogP contribution < -0.4 is 74.7 Å².